The zero-order chi connectivity index (χ0) is 22.0. The molecule has 1 saturated heterocycles. The first-order chi connectivity index (χ1) is 14.2. The van der Waals surface area contributed by atoms with Crippen molar-refractivity contribution in [2.24, 2.45) is 0 Å². The minimum atomic E-state index is -0.485. The van der Waals surface area contributed by atoms with Gasteiger partial charge in [-0.2, -0.15) is 0 Å². The van der Waals surface area contributed by atoms with E-state index in [0.717, 1.165) is 5.56 Å². The molecule has 2 aromatic carbocycles. The average Bonchev–Trinajstić information content (AvgIpc) is 2.74. The summed E-state index contributed by atoms with van der Waals surface area (Å²) < 4.78 is 11.2. The molecule has 30 heavy (non-hydrogen) atoms. The Hall–Kier alpha value is -2.61. The number of carbonyl (C=O) groups excluding carboxylic acids is 2. The standard InChI is InChI=1S/C21H18Cl2N2O4S/c1-24-19(26)15(20(27)25(2)21(24)30)8-13-9-16(23)18(17(10-13)28-3)29-11-12-4-6-14(22)7-5-12/h4-10H,11H2,1-3H3. The van der Waals surface area contributed by atoms with E-state index in [1.807, 2.05) is 12.1 Å². The first-order valence-electron chi connectivity index (χ1n) is 8.79. The van der Waals surface area contributed by atoms with Crippen LogP contribution in [0, 0.1) is 0 Å². The summed E-state index contributed by atoms with van der Waals surface area (Å²) in [6, 6.07) is 10.5. The third-order valence-corrected chi connectivity index (χ3v) is 5.58. The Bertz CT molecular complexity index is 1030. The summed E-state index contributed by atoms with van der Waals surface area (Å²) in [5.41, 5.74) is 1.40. The highest BCUT2D eigenvalue weighted by molar-refractivity contribution is 7.80. The maximum absolute atomic E-state index is 12.5. The molecule has 0 radical (unpaired) electrons. The van der Waals surface area contributed by atoms with E-state index in [2.05, 4.69) is 0 Å². The van der Waals surface area contributed by atoms with Gasteiger partial charge < -0.3 is 9.47 Å². The number of thiocarbonyl (C=S) groups is 1. The number of ether oxygens (including phenoxy) is 2. The maximum Gasteiger partial charge on any atom is 0.265 e. The lowest BCUT2D eigenvalue weighted by Crippen LogP contribution is -2.52. The minimum Gasteiger partial charge on any atom is -0.493 e. The van der Waals surface area contributed by atoms with Crippen LogP contribution in [0.3, 0.4) is 0 Å². The smallest absolute Gasteiger partial charge is 0.265 e. The predicted octanol–water partition coefficient (Wildman–Crippen LogP) is 4.18. The van der Waals surface area contributed by atoms with Crippen molar-refractivity contribution in [1.29, 1.82) is 0 Å². The van der Waals surface area contributed by atoms with Crippen LogP contribution < -0.4 is 9.47 Å². The van der Waals surface area contributed by atoms with Crippen LogP contribution in [0.2, 0.25) is 10.0 Å². The SMILES string of the molecule is COc1cc(C=C2C(=O)N(C)C(=S)N(C)C2=O)cc(Cl)c1OCc1ccc(Cl)cc1. The highest BCUT2D eigenvalue weighted by Crippen LogP contribution is 2.38. The van der Waals surface area contributed by atoms with Gasteiger partial charge in [0.25, 0.3) is 11.8 Å². The van der Waals surface area contributed by atoms with Crippen molar-refractivity contribution in [3.05, 3.63) is 63.1 Å². The van der Waals surface area contributed by atoms with Crippen molar-refractivity contribution in [3.8, 4) is 11.5 Å². The number of benzene rings is 2. The number of rotatable bonds is 5. The zero-order valence-electron chi connectivity index (χ0n) is 16.4. The number of hydrogen-bond acceptors (Lipinski definition) is 5. The number of nitrogens with zero attached hydrogens (tertiary/aromatic N) is 2. The van der Waals surface area contributed by atoms with Gasteiger partial charge in [0, 0.05) is 19.1 Å². The normalized spacial score (nSPS) is 14.3. The second-order valence-corrected chi connectivity index (χ2v) is 7.73. The molecular formula is C21H18Cl2N2O4S. The summed E-state index contributed by atoms with van der Waals surface area (Å²) in [5.74, 6) is -0.244. The van der Waals surface area contributed by atoms with Crippen LogP contribution in [-0.4, -0.2) is 47.9 Å². The summed E-state index contributed by atoms with van der Waals surface area (Å²) in [7, 11) is 4.51. The van der Waals surface area contributed by atoms with Crippen molar-refractivity contribution in [2.45, 2.75) is 6.61 Å². The molecule has 3 rings (SSSR count). The van der Waals surface area contributed by atoms with E-state index in [-0.39, 0.29) is 22.3 Å². The monoisotopic (exact) mass is 464 g/mol. The molecule has 0 aliphatic carbocycles. The molecule has 2 aromatic rings. The van der Waals surface area contributed by atoms with Crippen LogP contribution >= 0.6 is 35.4 Å². The van der Waals surface area contributed by atoms with Crippen molar-refractivity contribution >= 4 is 58.4 Å². The Morgan fingerprint density at radius 3 is 2.20 bits per heavy atom. The van der Waals surface area contributed by atoms with Crippen molar-refractivity contribution in [3.63, 3.8) is 0 Å². The Labute approximate surface area is 189 Å². The fraction of sp³-hybridized carbons (Fsp3) is 0.190. The third kappa shape index (κ3) is 4.43. The van der Waals surface area contributed by atoms with Crippen LogP contribution in [0.25, 0.3) is 6.08 Å². The molecule has 0 N–H and O–H groups in total. The Morgan fingerprint density at radius 1 is 1.03 bits per heavy atom. The molecule has 1 fully saturated rings. The highest BCUT2D eigenvalue weighted by Gasteiger charge is 2.35. The van der Waals surface area contributed by atoms with Crippen LogP contribution in [0.5, 0.6) is 11.5 Å². The lowest BCUT2D eigenvalue weighted by Gasteiger charge is -2.31. The Balaban J connectivity index is 1.90. The second kappa shape index (κ2) is 9.04. The van der Waals surface area contributed by atoms with Crippen LogP contribution in [0.4, 0.5) is 0 Å². The molecule has 9 heteroatoms. The Morgan fingerprint density at radius 2 is 1.63 bits per heavy atom. The molecule has 1 heterocycles. The topological polar surface area (TPSA) is 59.1 Å². The number of hydrogen-bond donors (Lipinski definition) is 0. The number of halogens is 2. The molecular weight excluding hydrogens is 447 g/mol. The number of likely N-dealkylation sites (N-methyl/N-ethyl adjacent to an activating group) is 2. The van der Waals surface area contributed by atoms with E-state index < -0.39 is 11.8 Å². The predicted molar refractivity (Wildman–Crippen MR) is 120 cm³/mol. The molecule has 156 valence electrons. The number of amides is 2. The van der Waals surface area contributed by atoms with E-state index in [1.54, 1.807) is 24.3 Å². The molecule has 0 unspecified atom stereocenters. The van der Waals surface area contributed by atoms with Crippen molar-refractivity contribution in [1.82, 2.24) is 9.80 Å². The molecule has 0 aromatic heterocycles. The largest absolute Gasteiger partial charge is 0.493 e. The average molecular weight is 465 g/mol. The summed E-state index contributed by atoms with van der Waals surface area (Å²) in [6.45, 7) is 0.262. The molecule has 0 bridgehead atoms. The van der Waals surface area contributed by atoms with E-state index in [9.17, 15) is 9.59 Å². The third-order valence-electron chi connectivity index (χ3n) is 4.50. The molecule has 6 nitrogen and oxygen atoms in total. The fourth-order valence-electron chi connectivity index (χ4n) is 2.84. The lowest BCUT2D eigenvalue weighted by molar-refractivity contribution is -0.132. The summed E-state index contributed by atoms with van der Waals surface area (Å²) in [5, 5.41) is 1.06. The van der Waals surface area contributed by atoms with Gasteiger partial charge in [-0.15, -0.1) is 0 Å². The van der Waals surface area contributed by atoms with Crippen LogP contribution in [0.15, 0.2) is 42.0 Å². The van der Waals surface area contributed by atoms with Gasteiger partial charge in [-0.25, -0.2) is 0 Å². The van der Waals surface area contributed by atoms with Gasteiger partial charge >= 0.3 is 0 Å². The first kappa shape index (κ1) is 22.1. The van der Waals surface area contributed by atoms with Crippen LogP contribution in [-0.2, 0) is 16.2 Å². The second-order valence-electron chi connectivity index (χ2n) is 6.52. The minimum absolute atomic E-state index is 0.0263. The number of methoxy groups -OCH3 is 1. The fourth-order valence-corrected chi connectivity index (χ4v) is 3.41. The number of carbonyl (C=O) groups is 2. The first-order valence-corrected chi connectivity index (χ1v) is 9.96. The molecule has 1 aliphatic rings. The van der Waals surface area contributed by atoms with Crippen molar-refractivity contribution in [2.75, 3.05) is 21.2 Å². The van der Waals surface area contributed by atoms with Crippen molar-refractivity contribution < 1.29 is 19.1 Å². The summed E-state index contributed by atoms with van der Waals surface area (Å²) in [6.07, 6.45) is 1.46. The molecule has 0 atom stereocenters. The van der Waals surface area contributed by atoms with Gasteiger partial charge in [0.15, 0.2) is 16.6 Å². The maximum atomic E-state index is 12.5. The Kier molecular flexibility index (Phi) is 6.65. The van der Waals surface area contributed by atoms with E-state index >= 15 is 0 Å². The van der Waals surface area contributed by atoms with E-state index in [1.165, 1.54) is 37.1 Å². The zero-order valence-corrected chi connectivity index (χ0v) is 18.8. The van der Waals surface area contributed by atoms with Gasteiger partial charge in [-0.1, -0.05) is 35.3 Å². The van der Waals surface area contributed by atoms with Crippen LogP contribution in [0.1, 0.15) is 11.1 Å². The van der Waals surface area contributed by atoms with Gasteiger partial charge in [0.1, 0.15) is 12.2 Å². The summed E-state index contributed by atoms with van der Waals surface area (Å²) >= 11 is 17.4. The summed E-state index contributed by atoms with van der Waals surface area (Å²) in [4.78, 5) is 27.5. The quantitative estimate of drug-likeness (QED) is 0.377. The van der Waals surface area contributed by atoms with Gasteiger partial charge in [-0.3, -0.25) is 19.4 Å². The van der Waals surface area contributed by atoms with E-state index in [4.69, 9.17) is 44.9 Å². The molecule has 0 spiro atoms. The highest BCUT2D eigenvalue weighted by atomic mass is 35.5. The van der Waals surface area contributed by atoms with Gasteiger partial charge in [-0.05, 0) is 53.7 Å². The van der Waals surface area contributed by atoms with Gasteiger partial charge in [0.05, 0.1) is 12.1 Å². The van der Waals surface area contributed by atoms with E-state index in [0.29, 0.717) is 22.1 Å². The van der Waals surface area contributed by atoms with Gasteiger partial charge in [0.2, 0.25) is 0 Å². The molecule has 2 amide bonds. The molecule has 1 aliphatic heterocycles. The lowest BCUT2D eigenvalue weighted by atomic mass is 10.1. The molecule has 0 saturated carbocycles.